The summed E-state index contributed by atoms with van der Waals surface area (Å²) in [4.78, 5) is 18.0. The predicted molar refractivity (Wildman–Crippen MR) is 104 cm³/mol. The lowest BCUT2D eigenvalue weighted by Gasteiger charge is -2.35. The Balaban J connectivity index is 1.41. The number of aromatic nitrogens is 3. The summed E-state index contributed by atoms with van der Waals surface area (Å²) in [7, 11) is 1.68. The Kier molecular flexibility index (Phi) is 5.00. The van der Waals surface area contributed by atoms with Gasteiger partial charge in [0.15, 0.2) is 0 Å². The van der Waals surface area contributed by atoms with Crippen LogP contribution in [0.3, 0.4) is 0 Å². The first-order chi connectivity index (χ1) is 13.3. The van der Waals surface area contributed by atoms with E-state index >= 15 is 0 Å². The molecule has 0 bridgehead atoms. The summed E-state index contributed by atoms with van der Waals surface area (Å²) in [5, 5.41) is 11.2. The number of hydrogen-bond donors (Lipinski definition) is 3. The number of ether oxygens (including phenoxy) is 1. The number of aromatic amines is 2. The summed E-state index contributed by atoms with van der Waals surface area (Å²) >= 11 is 0. The third-order valence-corrected chi connectivity index (χ3v) is 5.28. The molecule has 1 unspecified atom stereocenters. The van der Waals surface area contributed by atoms with E-state index in [1.807, 2.05) is 35.4 Å². The molecule has 0 spiro atoms. The van der Waals surface area contributed by atoms with Crippen LogP contribution < -0.4 is 10.1 Å². The van der Waals surface area contributed by atoms with E-state index in [0.29, 0.717) is 6.54 Å². The number of carbonyl (C=O) groups is 1. The van der Waals surface area contributed by atoms with Gasteiger partial charge in [0.1, 0.15) is 5.75 Å². The van der Waals surface area contributed by atoms with Crippen molar-refractivity contribution in [2.45, 2.75) is 31.7 Å². The van der Waals surface area contributed by atoms with Crippen LogP contribution in [-0.2, 0) is 6.42 Å². The molecular formula is C20H25N5O2. The number of nitrogens with zero attached hydrogens (tertiary/aromatic N) is 2. The average molecular weight is 367 g/mol. The maximum Gasteiger partial charge on any atom is 0.317 e. The van der Waals surface area contributed by atoms with Gasteiger partial charge in [-0.3, -0.25) is 5.10 Å². The molecule has 27 heavy (non-hydrogen) atoms. The number of H-pyrrole nitrogens is 2. The van der Waals surface area contributed by atoms with Crippen molar-refractivity contribution >= 4 is 16.9 Å². The highest BCUT2D eigenvalue weighted by Crippen LogP contribution is 2.30. The third-order valence-electron chi connectivity index (χ3n) is 5.28. The monoisotopic (exact) mass is 367 g/mol. The minimum absolute atomic E-state index is 0.0129. The van der Waals surface area contributed by atoms with Crippen molar-refractivity contribution in [2.75, 3.05) is 20.2 Å². The average Bonchev–Trinajstić information content (AvgIpc) is 3.38. The van der Waals surface area contributed by atoms with Gasteiger partial charge >= 0.3 is 6.03 Å². The Morgan fingerprint density at radius 1 is 1.37 bits per heavy atom. The Morgan fingerprint density at radius 3 is 3.11 bits per heavy atom. The minimum Gasteiger partial charge on any atom is -0.496 e. The van der Waals surface area contributed by atoms with Gasteiger partial charge < -0.3 is 19.9 Å². The molecular weight excluding hydrogens is 342 g/mol. The molecule has 1 aromatic carbocycles. The van der Waals surface area contributed by atoms with Crippen LogP contribution in [0, 0.1) is 0 Å². The van der Waals surface area contributed by atoms with Crippen LogP contribution >= 0.6 is 0 Å². The van der Waals surface area contributed by atoms with Gasteiger partial charge in [-0.15, -0.1) is 0 Å². The second kappa shape index (κ2) is 7.73. The fourth-order valence-corrected chi connectivity index (χ4v) is 3.94. The van der Waals surface area contributed by atoms with E-state index in [9.17, 15) is 4.79 Å². The van der Waals surface area contributed by atoms with Gasteiger partial charge in [-0.05, 0) is 49.4 Å². The summed E-state index contributed by atoms with van der Waals surface area (Å²) in [5.41, 5.74) is 3.20. The van der Waals surface area contributed by atoms with Crippen LogP contribution in [0.2, 0.25) is 0 Å². The van der Waals surface area contributed by atoms with Crippen LogP contribution in [0.5, 0.6) is 5.75 Å². The molecule has 142 valence electrons. The van der Waals surface area contributed by atoms with E-state index in [0.717, 1.165) is 60.1 Å². The fraction of sp³-hybridized carbons (Fsp3) is 0.400. The summed E-state index contributed by atoms with van der Waals surface area (Å²) in [6, 6.07) is 7.98. The number of piperidine rings is 1. The lowest BCUT2D eigenvalue weighted by atomic mass is 10.00. The quantitative estimate of drug-likeness (QED) is 0.646. The number of benzene rings is 1. The van der Waals surface area contributed by atoms with Gasteiger partial charge in [-0.1, -0.05) is 6.07 Å². The number of rotatable bonds is 5. The molecule has 3 N–H and O–H groups in total. The summed E-state index contributed by atoms with van der Waals surface area (Å²) in [6.07, 6.45) is 7.61. The number of urea groups is 1. The van der Waals surface area contributed by atoms with E-state index in [2.05, 4.69) is 20.5 Å². The molecule has 0 saturated carbocycles. The highest BCUT2D eigenvalue weighted by atomic mass is 16.5. The zero-order valence-electron chi connectivity index (χ0n) is 15.5. The van der Waals surface area contributed by atoms with E-state index < -0.39 is 0 Å². The molecule has 1 aliphatic rings. The molecule has 3 aromatic rings. The fourth-order valence-electron chi connectivity index (χ4n) is 3.94. The van der Waals surface area contributed by atoms with E-state index in [-0.39, 0.29) is 12.1 Å². The summed E-state index contributed by atoms with van der Waals surface area (Å²) in [6.45, 7) is 1.35. The van der Waals surface area contributed by atoms with Crippen LogP contribution in [0.1, 0.15) is 36.6 Å². The van der Waals surface area contributed by atoms with Crippen molar-refractivity contribution in [1.29, 1.82) is 0 Å². The number of methoxy groups -OCH3 is 1. The highest BCUT2D eigenvalue weighted by molar-refractivity contribution is 5.89. The second-order valence-electron chi connectivity index (χ2n) is 6.90. The van der Waals surface area contributed by atoms with Crippen molar-refractivity contribution < 1.29 is 9.53 Å². The molecule has 7 nitrogen and oxygen atoms in total. The van der Waals surface area contributed by atoms with E-state index in [1.165, 1.54) is 0 Å². The zero-order valence-corrected chi connectivity index (χ0v) is 15.5. The summed E-state index contributed by atoms with van der Waals surface area (Å²) < 4.78 is 5.48. The first-order valence-corrected chi connectivity index (χ1v) is 9.44. The normalized spacial score (nSPS) is 17.2. The smallest absolute Gasteiger partial charge is 0.317 e. The van der Waals surface area contributed by atoms with Crippen molar-refractivity contribution in [3.63, 3.8) is 0 Å². The van der Waals surface area contributed by atoms with E-state index in [1.54, 1.807) is 13.3 Å². The minimum atomic E-state index is -0.0129. The Labute approximate surface area is 158 Å². The predicted octanol–water partition coefficient (Wildman–Crippen LogP) is 3.38. The highest BCUT2D eigenvalue weighted by Gasteiger charge is 2.28. The number of carbonyl (C=O) groups excluding carboxylic acids is 1. The lowest BCUT2D eigenvalue weighted by molar-refractivity contribution is 0.150. The Morgan fingerprint density at radius 2 is 2.30 bits per heavy atom. The van der Waals surface area contributed by atoms with Gasteiger partial charge in [-0.2, -0.15) is 5.10 Å². The molecule has 1 atom stereocenters. The number of nitrogens with one attached hydrogen (secondary N) is 3. The van der Waals surface area contributed by atoms with Crippen molar-refractivity contribution in [1.82, 2.24) is 25.4 Å². The molecule has 2 amide bonds. The Hall–Kier alpha value is -2.96. The molecule has 1 fully saturated rings. The van der Waals surface area contributed by atoms with Crippen molar-refractivity contribution in [3.8, 4) is 5.75 Å². The molecule has 1 aliphatic heterocycles. The third kappa shape index (κ3) is 3.49. The van der Waals surface area contributed by atoms with Gasteiger partial charge in [0.25, 0.3) is 0 Å². The molecule has 1 saturated heterocycles. The SMILES string of the molecule is COc1cccc2[nH]cc(CCNC(=O)N3CCCCC3c3ccn[nH]3)c12. The molecule has 0 radical (unpaired) electrons. The van der Waals surface area contributed by atoms with Gasteiger partial charge in [0, 0.05) is 36.4 Å². The maximum absolute atomic E-state index is 12.8. The van der Waals surface area contributed by atoms with Crippen LogP contribution in [0.4, 0.5) is 4.79 Å². The van der Waals surface area contributed by atoms with E-state index in [4.69, 9.17) is 4.74 Å². The van der Waals surface area contributed by atoms with Crippen molar-refractivity contribution in [2.24, 2.45) is 0 Å². The number of fused-ring (bicyclic) bond motifs is 1. The topological polar surface area (TPSA) is 86.0 Å². The Bertz CT molecular complexity index is 902. The van der Waals surface area contributed by atoms with Gasteiger partial charge in [0.2, 0.25) is 0 Å². The largest absolute Gasteiger partial charge is 0.496 e. The standard InChI is InChI=1S/C20H25N5O2/c1-27-18-7-4-5-16-19(18)14(13-22-16)8-10-21-20(26)25-12-3-2-6-17(25)15-9-11-23-24-15/h4-5,7,9,11,13,17,22H,2-3,6,8,10,12H2,1H3,(H,21,26)(H,23,24). The second-order valence-corrected chi connectivity index (χ2v) is 6.90. The van der Waals surface area contributed by atoms with Gasteiger partial charge in [-0.25, -0.2) is 4.79 Å². The molecule has 7 heteroatoms. The van der Waals surface area contributed by atoms with Gasteiger partial charge in [0.05, 0.1) is 18.8 Å². The number of hydrogen-bond acceptors (Lipinski definition) is 3. The first kappa shape index (κ1) is 17.5. The van der Waals surface area contributed by atoms with Crippen LogP contribution in [0.25, 0.3) is 10.9 Å². The van der Waals surface area contributed by atoms with Crippen LogP contribution in [-0.4, -0.2) is 46.3 Å². The summed E-state index contributed by atoms with van der Waals surface area (Å²) in [5.74, 6) is 0.852. The first-order valence-electron chi connectivity index (χ1n) is 9.44. The number of likely N-dealkylation sites (tertiary alicyclic amines) is 1. The molecule has 4 rings (SSSR count). The molecule has 2 aromatic heterocycles. The van der Waals surface area contributed by atoms with Crippen molar-refractivity contribution in [3.05, 3.63) is 47.9 Å². The zero-order chi connectivity index (χ0) is 18.6. The molecule has 0 aliphatic carbocycles. The maximum atomic E-state index is 12.8. The van der Waals surface area contributed by atoms with Crippen LogP contribution in [0.15, 0.2) is 36.7 Å². The lowest BCUT2D eigenvalue weighted by Crippen LogP contribution is -2.45. The number of amides is 2. The molecule has 3 heterocycles.